The summed E-state index contributed by atoms with van der Waals surface area (Å²) >= 11 is 6.10. The molecule has 4 aromatic rings. The summed E-state index contributed by atoms with van der Waals surface area (Å²) < 4.78 is 11.8. The summed E-state index contributed by atoms with van der Waals surface area (Å²) in [5.74, 6) is 1.41. The molecule has 1 heterocycles. The molecule has 0 radical (unpaired) electrons. The van der Waals surface area contributed by atoms with Crippen molar-refractivity contribution in [2.24, 2.45) is 0 Å². The molecule has 5 rings (SSSR count). The Balaban J connectivity index is 1.29. The lowest BCUT2D eigenvalue weighted by atomic mass is 9.96. The summed E-state index contributed by atoms with van der Waals surface area (Å²) in [6, 6.07) is 34.2. The number of amides is 1. The summed E-state index contributed by atoms with van der Waals surface area (Å²) in [5.41, 5.74) is 3.99. The fraction of sp³-hybridized carbons (Fsp3) is 0.242. The molecular weight excluding hydrogens is 508 g/mol. The number of hydrogen-bond acceptors (Lipinski definition) is 4. The smallest absolute Gasteiger partial charge is 0.253 e. The van der Waals surface area contributed by atoms with E-state index in [1.807, 2.05) is 54.3 Å². The molecule has 0 spiro atoms. The largest absolute Gasteiger partial charge is 0.493 e. The van der Waals surface area contributed by atoms with Crippen molar-refractivity contribution in [3.63, 3.8) is 0 Å². The van der Waals surface area contributed by atoms with E-state index in [4.69, 9.17) is 21.1 Å². The Kier molecular flexibility index (Phi) is 8.82. The van der Waals surface area contributed by atoms with Crippen molar-refractivity contribution in [3.05, 3.63) is 130 Å². The molecule has 1 aliphatic heterocycles. The van der Waals surface area contributed by atoms with Gasteiger partial charge in [0.2, 0.25) is 0 Å². The lowest BCUT2D eigenvalue weighted by molar-refractivity contribution is 0.0597. The van der Waals surface area contributed by atoms with E-state index in [2.05, 4.69) is 53.4 Å². The first-order valence-electron chi connectivity index (χ1n) is 13.4. The van der Waals surface area contributed by atoms with Gasteiger partial charge in [0.1, 0.15) is 18.1 Å². The Morgan fingerprint density at radius 2 is 1.46 bits per heavy atom. The molecule has 0 aliphatic carbocycles. The summed E-state index contributed by atoms with van der Waals surface area (Å²) in [6.07, 6.45) is 0. The molecule has 1 fully saturated rings. The van der Waals surface area contributed by atoms with Crippen LogP contribution < -0.4 is 9.47 Å². The Bertz CT molecular complexity index is 1330. The summed E-state index contributed by atoms with van der Waals surface area (Å²) in [7, 11) is 0. The minimum absolute atomic E-state index is 0.0256. The molecule has 1 aliphatic rings. The van der Waals surface area contributed by atoms with Crippen molar-refractivity contribution in [2.75, 3.05) is 32.8 Å². The van der Waals surface area contributed by atoms with E-state index in [9.17, 15) is 4.79 Å². The zero-order valence-electron chi connectivity index (χ0n) is 22.1. The second-order valence-electron chi connectivity index (χ2n) is 9.55. The van der Waals surface area contributed by atoms with E-state index in [0.29, 0.717) is 36.0 Å². The minimum Gasteiger partial charge on any atom is -0.493 e. The van der Waals surface area contributed by atoms with Crippen LogP contribution in [0, 0.1) is 0 Å². The number of rotatable bonds is 9. The summed E-state index contributed by atoms with van der Waals surface area (Å²) in [6.45, 7) is 5.67. The average Bonchev–Trinajstić information content (AvgIpc) is 2.98. The second kappa shape index (κ2) is 12.8. The molecule has 1 saturated heterocycles. The van der Waals surface area contributed by atoms with Crippen LogP contribution in [0.3, 0.4) is 0 Å². The van der Waals surface area contributed by atoms with Crippen LogP contribution in [0.15, 0.2) is 103 Å². The van der Waals surface area contributed by atoms with Gasteiger partial charge in [0.15, 0.2) is 0 Å². The molecule has 0 bridgehead atoms. The predicted octanol–water partition coefficient (Wildman–Crippen LogP) is 6.87. The molecule has 4 aromatic carbocycles. The third-order valence-corrected chi connectivity index (χ3v) is 7.23. The highest BCUT2D eigenvalue weighted by molar-refractivity contribution is 6.30. The zero-order chi connectivity index (χ0) is 27.0. The molecule has 5 nitrogen and oxygen atoms in total. The van der Waals surface area contributed by atoms with Gasteiger partial charge in [-0.15, -0.1) is 0 Å². The lowest BCUT2D eigenvalue weighted by Gasteiger charge is -2.40. The average molecular weight is 541 g/mol. The maximum atomic E-state index is 13.6. The molecule has 200 valence electrons. The van der Waals surface area contributed by atoms with E-state index in [0.717, 1.165) is 24.4 Å². The number of benzene rings is 4. The van der Waals surface area contributed by atoms with E-state index in [1.54, 1.807) is 12.1 Å². The quantitative estimate of drug-likeness (QED) is 0.232. The number of nitrogens with zero attached hydrogens (tertiary/aromatic N) is 2. The van der Waals surface area contributed by atoms with Gasteiger partial charge in [0.25, 0.3) is 5.91 Å². The Hall–Kier alpha value is -3.80. The molecule has 0 N–H and O–H groups in total. The van der Waals surface area contributed by atoms with Gasteiger partial charge in [-0.25, -0.2) is 0 Å². The molecule has 1 amide bonds. The molecule has 0 saturated carbocycles. The number of hydrogen-bond donors (Lipinski definition) is 0. The molecule has 0 atom stereocenters. The van der Waals surface area contributed by atoms with Crippen LogP contribution in [0.5, 0.6) is 11.5 Å². The molecular formula is C33H33ClN2O3. The van der Waals surface area contributed by atoms with Crippen molar-refractivity contribution in [1.29, 1.82) is 0 Å². The third kappa shape index (κ3) is 6.62. The van der Waals surface area contributed by atoms with Crippen molar-refractivity contribution >= 4 is 17.5 Å². The van der Waals surface area contributed by atoms with Crippen molar-refractivity contribution in [3.8, 4) is 11.5 Å². The van der Waals surface area contributed by atoms with Crippen molar-refractivity contribution in [2.45, 2.75) is 19.6 Å². The number of ether oxygens (including phenoxy) is 2. The van der Waals surface area contributed by atoms with Gasteiger partial charge in [-0.05, 0) is 54.4 Å². The van der Waals surface area contributed by atoms with E-state index < -0.39 is 0 Å². The first-order chi connectivity index (χ1) is 19.1. The Labute approximate surface area is 235 Å². The third-order valence-electron chi connectivity index (χ3n) is 6.99. The van der Waals surface area contributed by atoms with Crippen LogP contribution in [0.25, 0.3) is 0 Å². The van der Waals surface area contributed by atoms with Crippen LogP contribution in [0.2, 0.25) is 5.02 Å². The highest BCUT2D eigenvalue weighted by atomic mass is 35.5. The fourth-order valence-corrected chi connectivity index (χ4v) is 5.27. The molecule has 0 unspecified atom stereocenters. The van der Waals surface area contributed by atoms with Gasteiger partial charge in [-0.1, -0.05) is 78.3 Å². The number of piperazine rings is 1. The standard InChI is InChI=1S/C33H33ClN2O3/c1-2-38-31-17-16-27(22-28(31)24-39-30-15-9-14-29(34)23-30)33(37)36-20-18-35(19-21-36)32(25-10-5-3-6-11-25)26-12-7-4-8-13-26/h3-17,22-23,32H,2,18-21,24H2,1H3. The first-order valence-corrected chi connectivity index (χ1v) is 13.8. The van der Waals surface area contributed by atoms with Crippen LogP contribution in [-0.4, -0.2) is 48.5 Å². The zero-order valence-corrected chi connectivity index (χ0v) is 22.9. The molecule has 0 aromatic heterocycles. The van der Waals surface area contributed by atoms with Gasteiger partial charge < -0.3 is 14.4 Å². The van der Waals surface area contributed by atoms with E-state index >= 15 is 0 Å². The van der Waals surface area contributed by atoms with Crippen LogP contribution in [0.1, 0.15) is 40.0 Å². The van der Waals surface area contributed by atoms with Crippen molar-refractivity contribution < 1.29 is 14.3 Å². The van der Waals surface area contributed by atoms with Crippen LogP contribution in [0.4, 0.5) is 0 Å². The first kappa shape index (κ1) is 26.8. The predicted molar refractivity (Wildman–Crippen MR) is 156 cm³/mol. The van der Waals surface area contributed by atoms with Gasteiger partial charge in [0, 0.05) is 42.3 Å². The number of carbonyl (C=O) groups excluding carboxylic acids is 1. The normalized spacial score (nSPS) is 13.9. The topological polar surface area (TPSA) is 42.0 Å². The van der Waals surface area contributed by atoms with Gasteiger partial charge in [-0.3, -0.25) is 9.69 Å². The monoisotopic (exact) mass is 540 g/mol. The highest BCUT2D eigenvalue weighted by Crippen LogP contribution is 2.30. The second-order valence-corrected chi connectivity index (χ2v) is 9.99. The Morgan fingerprint density at radius 1 is 0.795 bits per heavy atom. The van der Waals surface area contributed by atoms with Gasteiger partial charge >= 0.3 is 0 Å². The number of halogens is 1. The van der Waals surface area contributed by atoms with Crippen LogP contribution in [-0.2, 0) is 6.61 Å². The Morgan fingerprint density at radius 3 is 2.08 bits per heavy atom. The summed E-state index contributed by atoms with van der Waals surface area (Å²) in [5, 5.41) is 0.613. The van der Waals surface area contributed by atoms with Crippen molar-refractivity contribution in [1.82, 2.24) is 9.80 Å². The fourth-order valence-electron chi connectivity index (χ4n) is 5.09. The summed E-state index contributed by atoms with van der Waals surface area (Å²) in [4.78, 5) is 18.0. The molecule has 39 heavy (non-hydrogen) atoms. The molecule has 6 heteroatoms. The van der Waals surface area contributed by atoms with Gasteiger partial charge in [0.05, 0.1) is 12.6 Å². The van der Waals surface area contributed by atoms with Gasteiger partial charge in [-0.2, -0.15) is 0 Å². The van der Waals surface area contributed by atoms with E-state index in [1.165, 1.54) is 11.1 Å². The van der Waals surface area contributed by atoms with Crippen LogP contribution >= 0.6 is 11.6 Å². The minimum atomic E-state index is 0.0256. The lowest BCUT2D eigenvalue weighted by Crippen LogP contribution is -2.49. The number of carbonyl (C=O) groups is 1. The van der Waals surface area contributed by atoms with E-state index in [-0.39, 0.29) is 18.6 Å². The maximum Gasteiger partial charge on any atom is 0.253 e. The highest BCUT2D eigenvalue weighted by Gasteiger charge is 2.28. The SMILES string of the molecule is CCOc1ccc(C(=O)N2CCN(C(c3ccccc3)c3ccccc3)CC2)cc1COc1cccc(Cl)c1. The maximum absolute atomic E-state index is 13.6.